The Bertz CT molecular complexity index is 394. The maximum Gasteiger partial charge on any atom is 0.253 e. The molecule has 1 rings (SSSR count). The van der Waals surface area contributed by atoms with E-state index >= 15 is 0 Å². The molecule has 0 aliphatic carbocycles. The van der Waals surface area contributed by atoms with Gasteiger partial charge in [-0.15, -0.1) is 11.8 Å². The molecular formula is C12H18N2O2S. The minimum atomic E-state index is -0.0522. The first-order valence-electron chi connectivity index (χ1n) is 5.41. The number of nitrogen functional groups attached to an aromatic ring is 1. The Morgan fingerprint density at radius 2 is 2.18 bits per heavy atom. The molecule has 3 N–H and O–H groups in total. The molecule has 0 atom stereocenters. The lowest BCUT2D eigenvalue weighted by Gasteiger charge is -2.12. The van der Waals surface area contributed by atoms with Gasteiger partial charge in [0.2, 0.25) is 0 Å². The summed E-state index contributed by atoms with van der Waals surface area (Å²) in [7, 11) is 3.42. The lowest BCUT2D eigenvalue weighted by Crippen LogP contribution is -2.21. The second-order valence-electron chi connectivity index (χ2n) is 3.88. The molecule has 0 fully saturated rings. The average molecular weight is 254 g/mol. The average Bonchev–Trinajstić information content (AvgIpc) is 2.30. The number of benzene rings is 1. The number of aliphatic hydroxyl groups is 1. The Balaban J connectivity index is 2.75. The van der Waals surface area contributed by atoms with E-state index in [2.05, 4.69) is 0 Å². The van der Waals surface area contributed by atoms with Crippen molar-refractivity contribution in [2.24, 2.45) is 0 Å². The van der Waals surface area contributed by atoms with Crippen LogP contribution in [0.4, 0.5) is 5.69 Å². The van der Waals surface area contributed by atoms with Crippen LogP contribution < -0.4 is 5.73 Å². The van der Waals surface area contributed by atoms with E-state index in [1.54, 1.807) is 38.0 Å². The van der Waals surface area contributed by atoms with Gasteiger partial charge >= 0.3 is 0 Å². The minimum absolute atomic E-state index is 0.0522. The van der Waals surface area contributed by atoms with Crippen molar-refractivity contribution >= 4 is 23.4 Å². The van der Waals surface area contributed by atoms with Crippen molar-refractivity contribution < 1.29 is 9.90 Å². The van der Waals surface area contributed by atoms with Crippen molar-refractivity contribution in [1.82, 2.24) is 4.90 Å². The maximum atomic E-state index is 11.7. The number of hydrogen-bond acceptors (Lipinski definition) is 4. The van der Waals surface area contributed by atoms with Gasteiger partial charge in [0.15, 0.2) is 0 Å². The van der Waals surface area contributed by atoms with Crippen LogP contribution in [0.1, 0.15) is 16.8 Å². The van der Waals surface area contributed by atoms with Gasteiger partial charge < -0.3 is 15.7 Å². The van der Waals surface area contributed by atoms with Crippen LogP contribution in [0.5, 0.6) is 0 Å². The number of amides is 1. The zero-order chi connectivity index (χ0) is 12.8. The van der Waals surface area contributed by atoms with Crippen molar-refractivity contribution in [2.75, 3.05) is 32.2 Å². The van der Waals surface area contributed by atoms with Gasteiger partial charge in [-0.3, -0.25) is 4.79 Å². The van der Waals surface area contributed by atoms with Crippen molar-refractivity contribution in [3.63, 3.8) is 0 Å². The lowest BCUT2D eigenvalue weighted by atomic mass is 10.2. The number of thioether (sulfide) groups is 1. The minimum Gasteiger partial charge on any atom is -0.398 e. The quantitative estimate of drug-likeness (QED) is 0.474. The molecule has 1 aromatic rings. The molecule has 0 heterocycles. The van der Waals surface area contributed by atoms with Crippen molar-refractivity contribution in [1.29, 1.82) is 0 Å². The first-order valence-corrected chi connectivity index (χ1v) is 6.39. The summed E-state index contributed by atoms with van der Waals surface area (Å²) in [6.07, 6.45) is 0.739. The molecule has 0 saturated heterocycles. The lowest BCUT2D eigenvalue weighted by molar-refractivity contribution is 0.0827. The number of carbonyl (C=O) groups excluding carboxylic acids is 1. The third kappa shape index (κ3) is 3.94. The normalized spacial score (nSPS) is 10.3. The van der Waals surface area contributed by atoms with Gasteiger partial charge in [0.1, 0.15) is 0 Å². The summed E-state index contributed by atoms with van der Waals surface area (Å²) < 4.78 is 0. The van der Waals surface area contributed by atoms with Crippen LogP contribution in [0.3, 0.4) is 0 Å². The molecule has 0 unspecified atom stereocenters. The Morgan fingerprint density at radius 3 is 2.71 bits per heavy atom. The molecule has 5 heteroatoms. The number of rotatable bonds is 5. The van der Waals surface area contributed by atoms with E-state index in [0.717, 1.165) is 17.1 Å². The molecule has 0 saturated carbocycles. The van der Waals surface area contributed by atoms with E-state index in [1.807, 2.05) is 6.07 Å². The van der Waals surface area contributed by atoms with Gasteiger partial charge in [-0.05, 0) is 24.6 Å². The van der Waals surface area contributed by atoms with E-state index in [-0.39, 0.29) is 12.5 Å². The van der Waals surface area contributed by atoms with Gasteiger partial charge in [0.05, 0.1) is 0 Å². The highest BCUT2D eigenvalue weighted by molar-refractivity contribution is 7.99. The second kappa shape index (κ2) is 6.51. The van der Waals surface area contributed by atoms with Crippen LogP contribution in [0.2, 0.25) is 0 Å². The number of carbonyl (C=O) groups is 1. The highest BCUT2D eigenvalue weighted by atomic mass is 32.2. The van der Waals surface area contributed by atoms with Crippen LogP contribution >= 0.6 is 11.8 Å². The van der Waals surface area contributed by atoms with E-state index in [9.17, 15) is 4.79 Å². The maximum absolute atomic E-state index is 11.7. The first kappa shape index (κ1) is 13.9. The molecule has 17 heavy (non-hydrogen) atoms. The second-order valence-corrected chi connectivity index (χ2v) is 5.01. The fourth-order valence-electron chi connectivity index (χ4n) is 1.32. The number of nitrogens with two attached hydrogens (primary N) is 1. The molecule has 4 nitrogen and oxygen atoms in total. The summed E-state index contributed by atoms with van der Waals surface area (Å²) >= 11 is 1.59. The highest BCUT2D eigenvalue weighted by Crippen LogP contribution is 2.26. The number of hydrogen-bond donors (Lipinski definition) is 2. The summed E-state index contributed by atoms with van der Waals surface area (Å²) in [6.45, 7) is 0.185. The van der Waals surface area contributed by atoms with Crippen LogP contribution in [-0.2, 0) is 0 Å². The van der Waals surface area contributed by atoms with E-state index < -0.39 is 0 Å². The monoisotopic (exact) mass is 254 g/mol. The van der Waals surface area contributed by atoms with Gasteiger partial charge in [0.25, 0.3) is 5.91 Å². The van der Waals surface area contributed by atoms with Crippen LogP contribution in [0.15, 0.2) is 23.1 Å². The summed E-state index contributed by atoms with van der Waals surface area (Å²) in [5.41, 5.74) is 7.10. The highest BCUT2D eigenvalue weighted by Gasteiger charge is 2.09. The fourth-order valence-corrected chi connectivity index (χ4v) is 2.20. The molecule has 1 aromatic carbocycles. The molecule has 0 bridgehead atoms. The Hall–Kier alpha value is -1.20. The summed E-state index contributed by atoms with van der Waals surface area (Å²) in [4.78, 5) is 14.2. The smallest absolute Gasteiger partial charge is 0.253 e. The Morgan fingerprint density at radius 1 is 1.47 bits per heavy atom. The van der Waals surface area contributed by atoms with Crippen LogP contribution in [-0.4, -0.2) is 42.4 Å². The molecule has 0 aliphatic heterocycles. The molecule has 1 amide bonds. The Kier molecular flexibility index (Phi) is 5.31. The predicted molar refractivity (Wildman–Crippen MR) is 71.3 cm³/mol. The SMILES string of the molecule is CN(C)C(=O)c1ccc(SCCCO)c(N)c1. The van der Waals surface area contributed by atoms with Crippen molar-refractivity contribution in [3.05, 3.63) is 23.8 Å². The Labute approximate surface area is 106 Å². The van der Waals surface area contributed by atoms with Gasteiger partial charge in [-0.25, -0.2) is 0 Å². The summed E-state index contributed by atoms with van der Waals surface area (Å²) in [5, 5.41) is 8.70. The molecule has 0 radical (unpaired) electrons. The van der Waals surface area contributed by atoms with Crippen molar-refractivity contribution in [2.45, 2.75) is 11.3 Å². The molecule has 94 valence electrons. The van der Waals surface area contributed by atoms with Crippen molar-refractivity contribution in [3.8, 4) is 0 Å². The topological polar surface area (TPSA) is 66.6 Å². The fraction of sp³-hybridized carbons (Fsp3) is 0.417. The number of aliphatic hydroxyl groups excluding tert-OH is 1. The van der Waals surface area contributed by atoms with E-state index in [0.29, 0.717) is 11.3 Å². The zero-order valence-corrected chi connectivity index (χ0v) is 11.0. The third-order valence-electron chi connectivity index (χ3n) is 2.22. The zero-order valence-electron chi connectivity index (χ0n) is 10.1. The largest absolute Gasteiger partial charge is 0.398 e. The van der Waals surface area contributed by atoms with Gasteiger partial charge in [0, 0.05) is 42.6 Å². The van der Waals surface area contributed by atoms with Gasteiger partial charge in [-0.1, -0.05) is 0 Å². The molecule has 0 spiro atoms. The predicted octanol–water partition coefficient (Wildman–Crippen LogP) is 1.45. The van der Waals surface area contributed by atoms with Gasteiger partial charge in [-0.2, -0.15) is 0 Å². The number of nitrogens with zero attached hydrogens (tertiary/aromatic N) is 1. The third-order valence-corrected chi connectivity index (χ3v) is 3.40. The van der Waals surface area contributed by atoms with Crippen LogP contribution in [0, 0.1) is 0 Å². The number of anilines is 1. The summed E-state index contributed by atoms with van der Waals surface area (Å²) in [5.74, 6) is 0.769. The molecule has 0 aliphatic rings. The first-order chi connectivity index (χ1) is 8.06. The van der Waals surface area contributed by atoms with E-state index in [1.165, 1.54) is 4.90 Å². The van der Waals surface area contributed by atoms with E-state index in [4.69, 9.17) is 10.8 Å². The molecular weight excluding hydrogens is 236 g/mol. The van der Waals surface area contributed by atoms with Crippen LogP contribution in [0.25, 0.3) is 0 Å². The molecule has 0 aromatic heterocycles. The summed E-state index contributed by atoms with van der Waals surface area (Å²) in [6, 6.07) is 5.33. The standard InChI is InChI=1S/C12H18N2O2S/c1-14(2)12(16)9-4-5-11(10(13)8-9)17-7-3-6-15/h4-5,8,15H,3,6-7,13H2,1-2H3.